The van der Waals surface area contributed by atoms with Crippen LogP contribution in [-0.4, -0.2) is 29.2 Å². The molecule has 1 aromatic rings. The van der Waals surface area contributed by atoms with Gasteiger partial charge in [-0.05, 0) is 25.3 Å². The third kappa shape index (κ3) is 2.60. The highest BCUT2D eigenvalue weighted by Gasteiger charge is 2.35. The van der Waals surface area contributed by atoms with Gasteiger partial charge >= 0.3 is 6.18 Å². The largest absolute Gasteiger partial charge is 0.434 e. The van der Waals surface area contributed by atoms with Crippen LogP contribution >= 0.6 is 0 Å². The zero-order valence-electron chi connectivity index (χ0n) is 10.2. The maximum absolute atomic E-state index is 12.6. The number of imidazole rings is 1. The van der Waals surface area contributed by atoms with E-state index in [4.69, 9.17) is 5.73 Å². The molecule has 2 N–H and O–H groups in total. The van der Waals surface area contributed by atoms with Crippen LogP contribution in [0.5, 0.6) is 0 Å². The molecule has 0 atom stereocenters. The fourth-order valence-electron chi connectivity index (χ4n) is 2.26. The fraction of sp³-hybridized carbons (Fsp3) is 0.727. The van der Waals surface area contributed by atoms with Crippen molar-refractivity contribution in [2.45, 2.75) is 19.0 Å². The van der Waals surface area contributed by atoms with Gasteiger partial charge in [0.1, 0.15) is 0 Å². The molecule has 0 saturated carbocycles. The standard InChI is InChI=1S/C11H17F3N4/c1-17-7-9(11(12,13)14)16-10(17)18-4-2-8(6-15)3-5-18/h7-8H,2-6,15H2,1H3. The summed E-state index contributed by atoms with van der Waals surface area (Å²) in [6.07, 6.45) is -1.54. The van der Waals surface area contributed by atoms with Crippen LogP contribution in [0, 0.1) is 5.92 Å². The van der Waals surface area contributed by atoms with Crippen molar-refractivity contribution in [3.05, 3.63) is 11.9 Å². The highest BCUT2D eigenvalue weighted by Crippen LogP contribution is 2.31. The summed E-state index contributed by atoms with van der Waals surface area (Å²) >= 11 is 0. The highest BCUT2D eigenvalue weighted by atomic mass is 19.4. The van der Waals surface area contributed by atoms with Gasteiger partial charge in [0, 0.05) is 26.3 Å². The van der Waals surface area contributed by atoms with Crippen molar-refractivity contribution >= 4 is 5.95 Å². The monoisotopic (exact) mass is 262 g/mol. The summed E-state index contributed by atoms with van der Waals surface area (Å²) in [5.41, 5.74) is 4.76. The predicted molar refractivity (Wildman–Crippen MR) is 62.2 cm³/mol. The number of anilines is 1. The molecule has 0 radical (unpaired) electrons. The van der Waals surface area contributed by atoms with E-state index in [0.29, 0.717) is 31.5 Å². The first-order chi connectivity index (χ1) is 8.41. The fourth-order valence-corrected chi connectivity index (χ4v) is 2.26. The molecule has 1 fully saturated rings. The minimum Gasteiger partial charge on any atom is -0.342 e. The Morgan fingerprint density at radius 1 is 1.39 bits per heavy atom. The van der Waals surface area contributed by atoms with E-state index >= 15 is 0 Å². The summed E-state index contributed by atoms with van der Waals surface area (Å²) in [7, 11) is 1.59. The van der Waals surface area contributed by atoms with Crippen LogP contribution in [0.25, 0.3) is 0 Å². The van der Waals surface area contributed by atoms with E-state index in [1.54, 1.807) is 7.05 Å². The maximum Gasteiger partial charge on any atom is 0.434 e. The van der Waals surface area contributed by atoms with Gasteiger partial charge in [-0.25, -0.2) is 4.98 Å². The van der Waals surface area contributed by atoms with Crippen molar-refractivity contribution in [2.24, 2.45) is 18.7 Å². The Hall–Kier alpha value is -1.24. The second-order valence-corrected chi connectivity index (χ2v) is 4.70. The van der Waals surface area contributed by atoms with E-state index in [1.165, 1.54) is 4.57 Å². The molecule has 0 bridgehead atoms. The number of halogens is 3. The number of hydrogen-bond acceptors (Lipinski definition) is 3. The average molecular weight is 262 g/mol. The topological polar surface area (TPSA) is 47.1 Å². The molecule has 0 aromatic carbocycles. The van der Waals surface area contributed by atoms with E-state index in [9.17, 15) is 13.2 Å². The van der Waals surface area contributed by atoms with Crippen molar-refractivity contribution in [3.63, 3.8) is 0 Å². The number of aryl methyl sites for hydroxylation is 1. The van der Waals surface area contributed by atoms with Gasteiger partial charge in [-0.1, -0.05) is 0 Å². The number of alkyl halides is 3. The molecule has 7 heteroatoms. The van der Waals surface area contributed by atoms with Gasteiger partial charge in [0.25, 0.3) is 0 Å². The van der Waals surface area contributed by atoms with Crippen molar-refractivity contribution in [1.82, 2.24) is 9.55 Å². The van der Waals surface area contributed by atoms with Crippen LogP contribution in [0.1, 0.15) is 18.5 Å². The molecule has 1 aliphatic rings. The van der Waals surface area contributed by atoms with Crippen molar-refractivity contribution in [2.75, 3.05) is 24.5 Å². The lowest BCUT2D eigenvalue weighted by Crippen LogP contribution is -2.37. The second kappa shape index (κ2) is 4.79. The lowest BCUT2D eigenvalue weighted by molar-refractivity contribution is -0.140. The minimum absolute atomic E-state index is 0.387. The molecule has 0 amide bonds. The molecule has 1 aromatic heterocycles. The van der Waals surface area contributed by atoms with E-state index < -0.39 is 11.9 Å². The molecule has 1 saturated heterocycles. The van der Waals surface area contributed by atoms with Gasteiger partial charge in [0.15, 0.2) is 5.69 Å². The van der Waals surface area contributed by atoms with Crippen molar-refractivity contribution in [1.29, 1.82) is 0 Å². The number of nitrogens with two attached hydrogens (primary N) is 1. The number of nitrogens with zero attached hydrogens (tertiary/aromatic N) is 3. The lowest BCUT2D eigenvalue weighted by atomic mass is 9.97. The second-order valence-electron chi connectivity index (χ2n) is 4.70. The molecule has 0 unspecified atom stereocenters. The van der Waals surface area contributed by atoms with E-state index in [-0.39, 0.29) is 0 Å². The quantitative estimate of drug-likeness (QED) is 0.881. The Labute approximate surface area is 104 Å². The number of hydrogen-bond donors (Lipinski definition) is 1. The highest BCUT2D eigenvalue weighted by molar-refractivity contribution is 5.34. The smallest absolute Gasteiger partial charge is 0.342 e. The molecular weight excluding hydrogens is 245 g/mol. The van der Waals surface area contributed by atoms with Crippen molar-refractivity contribution < 1.29 is 13.2 Å². The third-order valence-electron chi connectivity index (χ3n) is 3.37. The van der Waals surface area contributed by atoms with E-state index in [1.807, 2.05) is 4.90 Å². The van der Waals surface area contributed by atoms with Crippen LogP contribution in [0.2, 0.25) is 0 Å². The molecule has 0 spiro atoms. The number of piperidine rings is 1. The van der Waals surface area contributed by atoms with Crippen LogP contribution < -0.4 is 10.6 Å². The zero-order chi connectivity index (χ0) is 13.3. The van der Waals surface area contributed by atoms with Crippen LogP contribution in [0.15, 0.2) is 6.20 Å². The summed E-state index contributed by atoms with van der Waals surface area (Å²) < 4.78 is 39.1. The lowest BCUT2D eigenvalue weighted by Gasteiger charge is -2.31. The van der Waals surface area contributed by atoms with E-state index in [2.05, 4.69) is 4.98 Å². The maximum atomic E-state index is 12.6. The van der Waals surface area contributed by atoms with Gasteiger partial charge in [-0.2, -0.15) is 13.2 Å². The molecule has 0 aliphatic carbocycles. The Morgan fingerprint density at radius 2 is 2.00 bits per heavy atom. The molecular formula is C11H17F3N4. The summed E-state index contributed by atoms with van der Waals surface area (Å²) in [6, 6.07) is 0. The molecule has 2 rings (SSSR count). The first-order valence-electron chi connectivity index (χ1n) is 5.97. The minimum atomic E-state index is -4.38. The summed E-state index contributed by atoms with van der Waals surface area (Å²) in [5.74, 6) is 0.862. The molecule has 4 nitrogen and oxygen atoms in total. The molecule has 1 aliphatic heterocycles. The summed E-state index contributed by atoms with van der Waals surface area (Å²) in [4.78, 5) is 5.58. The van der Waals surface area contributed by atoms with Gasteiger partial charge in [0.05, 0.1) is 0 Å². The Balaban J connectivity index is 2.12. The summed E-state index contributed by atoms with van der Waals surface area (Å²) in [6.45, 7) is 2.07. The third-order valence-corrected chi connectivity index (χ3v) is 3.37. The predicted octanol–water partition coefficient (Wildman–Crippen LogP) is 1.61. The number of aromatic nitrogens is 2. The van der Waals surface area contributed by atoms with Gasteiger partial charge in [-0.3, -0.25) is 0 Å². The Morgan fingerprint density at radius 3 is 2.44 bits per heavy atom. The van der Waals surface area contributed by atoms with Crippen LogP contribution in [0.3, 0.4) is 0 Å². The Kier molecular flexibility index (Phi) is 3.52. The Bertz CT molecular complexity index is 405. The SMILES string of the molecule is Cn1cc(C(F)(F)F)nc1N1CCC(CN)CC1. The molecule has 2 heterocycles. The number of rotatable bonds is 2. The van der Waals surface area contributed by atoms with E-state index in [0.717, 1.165) is 19.0 Å². The molecule has 102 valence electrons. The first kappa shape index (κ1) is 13.2. The normalized spacial score (nSPS) is 18.4. The molecule has 18 heavy (non-hydrogen) atoms. The van der Waals surface area contributed by atoms with Gasteiger partial charge in [-0.15, -0.1) is 0 Å². The van der Waals surface area contributed by atoms with Gasteiger partial charge in [0.2, 0.25) is 5.95 Å². The first-order valence-corrected chi connectivity index (χ1v) is 5.97. The van der Waals surface area contributed by atoms with Crippen LogP contribution in [-0.2, 0) is 13.2 Å². The van der Waals surface area contributed by atoms with Crippen LogP contribution in [0.4, 0.5) is 19.1 Å². The average Bonchev–Trinajstić information content (AvgIpc) is 2.71. The summed E-state index contributed by atoms with van der Waals surface area (Å²) in [5, 5.41) is 0. The van der Waals surface area contributed by atoms with Crippen molar-refractivity contribution in [3.8, 4) is 0 Å². The van der Waals surface area contributed by atoms with Gasteiger partial charge < -0.3 is 15.2 Å². The zero-order valence-corrected chi connectivity index (χ0v) is 10.2.